The highest BCUT2D eigenvalue weighted by Crippen LogP contribution is 2.27. The molecule has 1 unspecified atom stereocenters. The number of hydrogen-bond donors (Lipinski definition) is 1. The van der Waals surface area contributed by atoms with E-state index in [9.17, 15) is 0 Å². The van der Waals surface area contributed by atoms with Crippen LogP contribution in [0.3, 0.4) is 0 Å². The van der Waals surface area contributed by atoms with Crippen molar-refractivity contribution in [1.29, 1.82) is 0 Å². The van der Waals surface area contributed by atoms with E-state index in [4.69, 9.17) is 0 Å². The van der Waals surface area contributed by atoms with Crippen molar-refractivity contribution in [3.63, 3.8) is 0 Å². The summed E-state index contributed by atoms with van der Waals surface area (Å²) in [5.41, 5.74) is 2.30. The van der Waals surface area contributed by atoms with Crippen LogP contribution in [-0.4, -0.2) is 19.3 Å². The summed E-state index contributed by atoms with van der Waals surface area (Å²) in [5.74, 6) is 0.970. The summed E-state index contributed by atoms with van der Waals surface area (Å²) in [6.07, 6.45) is 7.14. The van der Waals surface area contributed by atoms with Gasteiger partial charge in [0.2, 0.25) is 5.95 Å². The fraction of sp³-hybridized carbons (Fsp3) is 0.455. The van der Waals surface area contributed by atoms with E-state index in [1.807, 2.05) is 24.9 Å². The van der Waals surface area contributed by atoms with Crippen LogP contribution in [0.5, 0.6) is 0 Å². The molecule has 0 amide bonds. The number of imidazole rings is 1. The highest BCUT2D eigenvalue weighted by Gasteiger charge is 2.21. The maximum atomic E-state index is 4.46. The molecule has 2 aromatic heterocycles. The molecule has 0 bridgehead atoms. The van der Waals surface area contributed by atoms with Crippen LogP contribution in [0.25, 0.3) is 0 Å². The molecule has 1 aliphatic rings. The van der Waals surface area contributed by atoms with E-state index in [0.717, 1.165) is 24.6 Å². The van der Waals surface area contributed by atoms with Gasteiger partial charge in [-0.25, -0.2) is 4.98 Å². The minimum Gasteiger partial charge on any atom is -0.349 e. The van der Waals surface area contributed by atoms with Crippen LogP contribution in [0.1, 0.15) is 23.7 Å². The highest BCUT2D eigenvalue weighted by molar-refractivity contribution is 5.35. The summed E-state index contributed by atoms with van der Waals surface area (Å²) < 4.78 is 4.01. The third kappa shape index (κ3) is 1.48. The summed E-state index contributed by atoms with van der Waals surface area (Å²) in [6.45, 7) is 3.04. The maximum absolute atomic E-state index is 4.46. The normalized spacial score (nSPS) is 19.2. The number of anilines is 1. The Kier molecular flexibility index (Phi) is 1.99. The van der Waals surface area contributed by atoms with Crippen molar-refractivity contribution in [2.75, 3.05) is 5.32 Å². The van der Waals surface area contributed by atoms with Crippen LogP contribution in [0.2, 0.25) is 0 Å². The molecule has 5 heteroatoms. The molecule has 3 rings (SSSR count). The molecule has 3 heterocycles. The third-order valence-corrected chi connectivity index (χ3v) is 2.99. The molecular formula is C11H15N5. The van der Waals surface area contributed by atoms with Crippen LogP contribution in [0, 0.1) is 6.92 Å². The second-order valence-corrected chi connectivity index (χ2v) is 4.33. The Morgan fingerprint density at radius 2 is 2.31 bits per heavy atom. The quantitative estimate of drug-likeness (QED) is 0.787. The standard InChI is InChI=1S/C11H15N5/c1-8-6-16-4-3-10(14-11(16)13-8)9-5-12-15(2)7-9/h5-7,10H,3-4H2,1-2H3,(H,13,14). The first-order chi connectivity index (χ1) is 7.72. The SMILES string of the molecule is Cc1cn2c(n1)NC(c1cnn(C)c1)CC2. The number of hydrogen-bond acceptors (Lipinski definition) is 3. The minimum atomic E-state index is 0.336. The summed E-state index contributed by atoms with van der Waals surface area (Å²) in [4.78, 5) is 4.46. The number of rotatable bonds is 1. The summed E-state index contributed by atoms with van der Waals surface area (Å²) in [6, 6.07) is 0.336. The second-order valence-electron chi connectivity index (χ2n) is 4.33. The highest BCUT2D eigenvalue weighted by atomic mass is 15.3. The van der Waals surface area contributed by atoms with E-state index in [1.54, 1.807) is 0 Å². The zero-order chi connectivity index (χ0) is 11.1. The fourth-order valence-corrected chi connectivity index (χ4v) is 2.20. The smallest absolute Gasteiger partial charge is 0.203 e. The van der Waals surface area contributed by atoms with Gasteiger partial charge >= 0.3 is 0 Å². The molecule has 0 aromatic carbocycles. The number of aromatic nitrogens is 4. The van der Waals surface area contributed by atoms with Gasteiger partial charge in [-0.3, -0.25) is 4.68 Å². The molecule has 5 nitrogen and oxygen atoms in total. The van der Waals surface area contributed by atoms with E-state index in [2.05, 4.69) is 32.4 Å². The molecule has 0 saturated heterocycles. The van der Waals surface area contributed by atoms with Gasteiger partial charge in [0.15, 0.2) is 0 Å². The molecule has 0 fully saturated rings. The van der Waals surface area contributed by atoms with Crippen molar-refractivity contribution >= 4 is 5.95 Å². The van der Waals surface area contributed by atoms with Gasteiger partial charge in [0.05, 0.1) is 17.9 Å². The van der Waals surface area contributed by atoms with E-state index in [-0.39, 0.29) is 0 Å². The molecule has 0 aliphatic carbocycles. The van der Waals surface area contributed by atoms with Crippen LogP contribution >= 0.6 is 0 Å². The Hall–Kier alpha value is -1.78. The average molecular weight is 217 g/mol. The molecule has 1 aliphatic heterocycles. The predicted molar refractivity (Wildman–Crippen MR) is 61.2 cm³/mol. The van der Waals surface area contributed by atoms with Crippen LogP contribution in [0.4, 0.5) is 5.95 Å². The van der Waals surface area contributed by atoms with Gasteiger partial charge in [-0.05, 0) is 13.3 Å². The lowest BCUT2D eigenvalue weighted by atomic mass is 10.1. The van der Waals surface area contributed by atoms with Crippen molar-refractivity contribution in [3.8, 4) is 0 Å². The summed E-state index contributed by atoms with van der Waals surface area (Å²) >= 11 is 0. The van der Waals surface area contributed by atoms with Crippen LogP contribution in [-0.2, 0) is 13.6 Å². The van der Waals surface area contributed by atoms with E-state index in [0.29, 0.717) is 6.04 Å². The van der Waals surface area contributed by atoms with Crippen molar-refractivity contribution < 1.29 is 0 Å². The second kappa shape index (κ2) is 3.37. The molecule has 1 atom stereocenters. The first-order valence-corrected chi connectivity index (χ1v) is 5.51. The fourth-order valence-electron chi connectivity index (χ4n) is 2.20. The molecule has 84 valence electrons. The molecule has 1 N–H and O–H groups in total. The molecule has 16 heavy (non-hydrogen) atoms. The van der Waals surface area contributed by atoms with Gasteiger partial charge in [-0.1, -0.05) is 0 Å². The Balaban J connectivity index is 1.87. The first-order valence-electron chi connectivity index (χ1n) is 5.51. The Labute approximate surface area is 94.1 Å². The van der Waals surface area contributed by atoms with E-state index < -0.39 is 0 Å². The van der Waals surface area contributed by atoms with Gasteiger partial charge in [-0.15, -0.1) is 0 Å². The van der Waals surface area contributed by atoms with Gasteiger partial charge in [-0.2, -0.15) is 5.10 Å². The topological polar surface area (TPSA) is 47.7 Å². The van der Waals surface area contributed by atoms with Crippen LogP contribution < -0.4 is 5.32 Å². The lowest BCUT2D eigenvalue weighted by molar-refractivity contribution is 0.542. The number of nitrogens with one attached hydrogen (secondary N) is 1. The number of aryl methyl sites for hydroxylation is 3. The van der Waals surface area contributed by atoms with Gasteiger partial charge in [0.1, 0.15) is 0 Å². The predicted octanol–water partition coefficient (Wildman–Crippen LogP) is 1.48. The number of nitrogens with zero attached hydrogens (tertiary/aromatic N) is 4. The van der Waals surface area contributed by atoms with Gasteiger partial charge < -0.3 is 9.88 Å². The largest absolute Gasteiger partial charge is 0.349 e. The molecule has 0 radical (unpaired) electrons. The third-order valence-electron chi connectivity index (χ3n) is 2.99. The van der Waals surface area contributed by atoms with Crippen molar-refractivity contribution in [2.24, 2.45) is 7.05 Å². The van der Waals surface area contributed by atoms with Gasteiger partial charge in [0, 0.05) is 31.5 Å². The molecule has 0 saturated carbocycles. The molecule has 2 aromatic rings. The van der Waals surface area contributed by atoms with Crippen molar-refractivity contribution in [1.82, 2.24) is 19.3 Å². The average Bonchev–Trinajstić information content (AvgIpc) is 2.81. The zero-order valence-electron chi connectivity index (χ0n) is 9.51. The molecular weight excluding hydrogens is 202 g/mol. The zero-order valence-corrected chi connectivity index (χ0v) is 9.51. The lowest BCUT2D eigenvalue weighted by Crippen LogP contribution is -2.21. The Morgan fingerprint density at radius 1 is 1.44 bits per heavy atom. The maximum Gasteiger partial charge on any atom is 0.203 e. The van der Waals surface area contributed by atoms with Gasteiger partial charge in [0.25, 0.3) is 0 Å². The summed E-state index contributed by atoms with van der Waals surface area (Å²) in [5, 5.41) is 7.65. The lowest BCUT2D eigenvalue weighted by Gasteiger charge is -2.24. The van der Waals surface area contributed by atoms with E-state index >= 15 is 0 Å². The van der Waals surface area contributed by atoms with E-state index in [1.165, 1.54) is 5.56 Å². The van der Waals surface area contributed by atoms with Crippen molar-refractivity contribution in [3.05, 3.63) is 29.8 Å². The number of fused-ring (bicyclic) bond motifs is 1. The monoisotopic (exact) mass is 217 g/mol. The Bertz CT molecular complexity index is 510. The first kappa shape index (κ1) is 9.45. The van der Waals surface area contributed by atoms with Crippen LogP contribution in [0.15, 0.2) is 18.6 Å². The minimum absolute atomic E-state index is 0.336. The van der Waals surface area contributed by atoms with Crippen molar-refractivity contribution in [2.45, 2.75) is 25.9 Å². The summed E-state index contributed by atoms with van der Waals surface area (Å²) in [7, 11) is 1.94. The molecule has 0 spiro atoms. The Morgan fingerprint density at radius 3 is 3.06 bits per heavy atom.